The molecule has 0 saturated carbocycles. The lowest BCUT2D eigenvalue weighted by Gasteiger charge is -2.00. The van der Waals surface area contributed by atoms with E-state index in [2.05, 4.69) is 12.6 Å². The molecule has 0 spiro atoms. The van der Waals surface area contributed by atoms with Gasteiger partial charge in [0.2, 0.25) is 5.12 Å². The number of rotatable bonds is 4. The van der Waals surface area contributed by atoms with Crippen LogP contribution in [0.15, 0.2) is 29.8 Å². The molecule has 0 fully saturated rings. The SMILES string of the molecule is C/C(=C\c1ccc(Cl)cc1)C(=O)SCCS. The molecule has 0 N–H and O–H groups in total. The smallest absolute Gasteiger partial charge is 0.215 e. The lowest BCUT2D eigenvalue weighted by Crippen LogP contribution is -1.95. The maximum Gasteiger partial charge on any atom is 0.215 e. The molecule has 0 radical (unpaired) electrons. The molecule has 0 amide bonds. The fourth-order valence-corrected chi connectivity index (χ4v) is 2.08. The van der Waals surface area contributed by atoms with Gasteiger partial charge in [0.15, 0.2) is 0 Å². The van der Waals surface area contributed by atoms with Gasteiger partial charge < -0.3 is 0 Å². The Morgan fingerprint density at radius 3 is 2.62 bits per heavy atom. The van der Waals surface area contributed by atoms with E-state index in [1.165, 1.54) is 11.8 Å². The van der Waals surface area contributed by atoms with Crippen LogP contribution in [0.2, 0.25) is 5.02 Å². The van der Waals surface area contributed by atoms with E-state index in [0.29, 0.717) is 10.8 Å². The molecule has 0 aromatic heterocycles. The maximum absolute atomic E-state index is 11.6. The highest BCUT2D eigenvalue weighted by Gasteiger charge is 2.04. The van der Waals surface area contributed by atoms with Crippen LogP contribution in [0.1, 0.15) is 12.5 Å². The summed E-state index contributed by atoms with van der Waals surface area (Å²) in [5, 5.41) is 0.801. The third kappa shape index (κ3) is 4.64. The van der Waals surface area contributed by atoms with Crippen LogP contribution in [0.3, 0.4) is 0 Å². The molecule has 0 aliphatic heterocycles. The zero-order chi connectivity index (χ0) is 12.0. The summed E-state index contributed by atoms with van der Waals surface area (Å²) in [7, 11) is 0. The molecular weight excluding hydrogens is 260 g/mol. The first-order valence-corrected chi connectivity index (χ1v) is 6.85. The minimum Gasteiger partial charge on any atom is -0.282 e. The summed E-state index contributed by atoms with van der Waals surface area (Å²) in [4.78, 5) is 11.6. The summed E-state index contributed by atoms with van der Waals surface area (Å²) in [5.74, 6) is 1.46. The summed E-state index contributed by atoms with van der Waals surface area (Å²) < 4.78 is 0. The molecular formula is C12H13ClOS2. The van der Waals surface area contributed by atoms with Gasteiger partial charge in [-0.1, -0.05) is 35.5 Å². The van der Waals surface area contributed by atoms with Gasteiger partial charge in [-0.05, 0) is 36.4 Å². The molecule has 1 aromatic carbocycles. The number of halogens is 1. The first-order chi connectivity index (χ1) is 7.63. The van der Waals surface area contributed by atoms with Gasteiger partial charge in [0, 0.05) is 16.3 Å². The lowest BCUT2D eigenvalue weighted by atomic mass is 10.1. The Kier molecular flexibility index (Phi) is 6.03. The van der Waals surface area contributed by atoms with Crippen LogP contribution in [0.4, 0.5) is 0 Å². The van der Waals surface area contributed by atoms with Gasteiger partial charge in [-0.3, -0.25) is 4.79 Å². The summed E-state index contributed by atoms with van der Waals surface area (Å²) in [6.07, 6.45) is 1.87. The number of carbonyl (C=O) groups is 1. The molecule has 16 heavy (non-hydrogen) atoms. The van der Waals surface area contributed by atoms with E-state index in [-0.39, 0.29) is 5.12 Å². The number of thiol groups is 1. The number of thioether (sulfide) groups is 1. The van der Waals surface area contributed by atoms with Crippen molar-refractivity contribution in [2.75, 3.05) is 11.5 Å². The average molecular weight is 273 g/mol. The topological polar surface area (TPSA) is 17.1 Å². The molecule has 86 valence electrons. The molecule has 4 heteroatoms. The monoisotopic (exact) mass is 272 g/mol. The predicted molar refractivity (Wildman–Crippen MR) is 76.4 cm³/mol. The van der Waals surface area contributed by atoms with Gasteiger partial charge in [-0.2, -0.15) is 12.6 Å². The number of carbonyl (C=O) groups excluding carboxylic acids is 1. The molecule has 1 rings (SSSR count). The third-order valence-corrected chi connectivity index (χ3v) is 3.67. The highest BCUT2D eigenvalue weighted by atomic mass is 35.5. The molecule has 0 aliphatic carbocycles. The first kappa shape index (κ1) is 13.7. The van der Waals surface area contributed by atoms with Crippen molar-refractivity contribution < 1.29 is 4.79 Å². The lowest BCUT2D eigenvalue weighted by molar-refractivity contribution is -0.107. The van der Waals surface area contributed by atoms with Crippen LogP contribution in [-0.4, -0.2) is 16.6 Å². The van der Waals surface area contributed by atoms with Gasteiger partial charge in [0.1, 0.15) is 0 Å². The molecule has 0 saturated heterocycles. The fourth-order valence-electron chi connectivity index (χ4n) is 1.12. The van der Waals surface area contributed by atoms with E-state index in [1.807, 2.05) is 37.3 Å². The third-order valence-electron chi connectivity index (χ3n) is 1.90. The fraction of sp³-hybridized carbons (Fsp3) is 0.250. The van der Waals surface area contributed by atoms with Crippen LogP contribution in [0.25, 0.3) is 6.08 Å². The van der Waals surface area contributed by atoms with Crippen molar-refractivity contribution >= 4 is 47.2 Å². The second kappa shape index (κ2) is 7.05. The first-order valence-electron chi connectivity index (χ1n) is 4.85. The Hall–Kier alpha value is -0.380. The zero-order valence-corrected chi connectivity index (χ0v) is 11.4. The van der Waals surface area contributed by atoms with E-state index in [0.717, 1.165) is 16.9 Å². The van der Waals surface area contributed by atoms with Crippen molar-refractivity contribution in [3.8, 4) is 0 Å². The van der Waals surface area contributed by atoms with Gasteiger partial charge in [-0.15, -0.1) is 0 Å². The minimum atomic E-state index is 0.101. The van der Waals surface area contributed by atoms with Crippen molar-refractivity contribution in [1.29, 1.82) is 0 Å². The van der Waals surface area contributed by atoms with Gasteiger partial charge in [0.05, 0.1) is 0 Å². The number of hydrogen-bond acceptors (Lipinski definition) is 3. The second-order valence-electron chi connectivity index (χ2n) is 3.24. The van der Waals surface area contributed by atoms with Crippen molar-refractivity contribution in [3.63, 3.8) is 0 Å². The molecule has 1 nitrogen and oxygen atoms in total. The normalized spacial score (nSPS) is 11.6. The molecule has 0 aliphatic rings. The number of benzene rings is 1. The van der Waals surface area contributed by atoms with E-state index in [9.17, 15) is 4.79 Å². The summed E-state index contributed by atoms with van der Waals surface area (Å²) in [5.41, 5.74) is 1.73. The molecule has 0 atom stereocenters. The summed E-state index contributed by atoms with van der Waals surface area (Å²) in [6.45, 7) is 1.82. The van der Waals surface area contributed by atoms with E-state index < -0.39 is 0 Å². The Bertz CT molecular complexity index is 385. The van der Waals surface area contributed by atoms with Crippen LogP contribution < -0.4 is 0 Å². The zero-order valence-electron chi connectivity index (χ0n) is 8.94. The highest BCUT2D eigenvalue weighted by molar-refractivity contribution is 8.14. The van der Waals surface area contributed by atoms with Crippen molar-refractivity contribution in [2.24, 2.45) is 0 Å². The van der Waals surface area contributed by atoms with E-state index >= 15 is 0 Å². The van der Waals surface area contributed by atoms with Crippen LogP contribution in [0, 0.1) is 0 Å². The summed E-state index contributed by atoms with van der Waals surface area (Å²) >= 11 is 11.1. The average Bonchev–Trinajstić information content (AvgIpc) is 2.29. The Labute approximate surface area is 111 Å². The van der Waals surface area contributed by atoms with Crippen LogP contribution in [-0.2, 0) is 4.79 Å². The van der Waals surface area contributed by atoms with Crippen molar-refractivity contribution in [3.05, 3.63) is 40.4 Å². The quantitative estimate of drug-likeness (QED) is 0.661. The van der Waals surface area contributed by atoms with E-state index in [4.69, 9.17) is 11.6 Å². The second-order valence-corrected chi connectivity index (χ2v) is 5.19. The standard InChI is InChI=1S/C12H13ClOS2/c1-9(12(14)16-7-6-15)8-10-2-4-11(13)5-3-10/h2-5,8,15H,6-7H2,1H3/b9-8+. The molecule has 0 heterocycles. The molecule has 1 aromatic rings. The van der Waals surface area contributed by atoms with Crippen molar-refractivity contribution in [1.82, 2.24) is 0 Å². The van der Waals surface area contributed by atoms with Gasteiger partial charge in [0.25, 0.3) is 0 Å². The molecule has 0 bridgehead atoms. The van der Waals surface area contributed by atoms with E-state index in [1.54, 1.807) is 0 Å². The largest absolute Gasteiger partial charge is 0.282 e. The van der Waals surface area contributed by atoms with Gasteiger partial charge in [-0.25, -0.2) is 0 Å². The maximum atomic E-state index is 11.6. The highest BCUT2D eigenvalue weighted by Crippen LogP contribution is 2.16. The Balaban J connectivity index is 2.68. The Morgan fingerprint density at radius 2 is 2.06 bits per heavy atom. The van der Waals surface area contributed by atoms with Crippen LogP contribution >= 0.6 is 36.0 Å². The number of hydrogen-bond donors (Lipinski definition) is 1. The van der Waals surface area contributed by atoms with Crippen LogP contribution in [0.5, 0.6) is 0 Å². The molecule has 0 unspecified atom stereocenters. The van der Waals surface area contributed by atoms with Crippen molar-refractivity contribution in [2.45, 2.75) is 6.92 Å². The Morgan fingerprint density at radius 1 is 1.44 bits per heavy atom. The minimum absolute atomic E-state index is 0.101. The summed E-state index contributed by atoms with van der Waals surface area (Å²) in [6, 6.07) is 7.41. The van der Waals surface area contributed by atoms with Gasteiger partial charge >= 0.3 is 0 Å². The predicted octanol–water partition coefficient (Wildman–Crippen LogP) is 3.93.